The number of pyridine rings is 1. The fraction of sp³-hybridized carbons (Fsp3) is 0.0625. The number of hydrogen-bond donors (Lipinski definition) is 1. The molecule has 0 aliphatic heterocycles. The lowest BCUT2D eigenvalue weighted by Crippen LogP contribution is -2.00. The quantitative estimate of drug-likeness (QED) is 0.738. The second-order valence-electron chi connectivity index (χ2n) is 4.58. The van der Waals surface area contributed by atoms with Crippen LogP contribution in [0.5, 0.6) is 5.75 Å². The third-order valence-corrected chi connectivity index (χ3v) is 3.39. The van der Waals surface area contributed by atoms with E-state index in [0.29, 0.717) is 27.5 Å². The normalized spacial score (nSPS) is 10.8. The lowest BCUT2D eigenvalue weighted by atomic mass is 10.1. The lowest BCUT2D eigenvalue weighted by molar-refractivity contribution is 0.303. The zero-order chi connectivity index (χ0) is 14.8. The summed E-state index contributed by atoms with van der Waals surface area (Å²) < 4.78 is 19.4. The average molecular weight is 303 g/mol. The number of aromatic nitrogens is 1. The molecule has 0 saturated heterocycles. The molecule has 0 unspecified atom stereocenters. The summed E-state index contributed by atoms with van der Waals surface area (Å²) in [5.74, 6) is 0.254. The van der Waals surface area contributed by atoms with Crippen molar-refractivity contribution in [2.45, 2.75) is 6.61 Å². The summed E-state index contributed by atoms with van der Waals surface area (Å²) in [6.45, 7) is 0.0836. The van der Waals surface area contributed by atoms with Crippen molar-refractivity contribution >= 4 is 28.2 Å². The highest BCUT2D eigenvalue weighted by Crippen LogP contribution is 2.29. The van der Waals surface area contributed by atoms with E-state index < -0.39 is 0 Å². The first-order valence-corrected chi connectivity index (χ1v) is 6.73. The molecule has 0 atom stereocenters. The molecule has 3 rings (SSSR count). The van der Waals surface area contributed by atoms with E-state index in [4.69, 9.17) is 22.1 Å². The van der Waals surface area contributed by atoms with Gasteiger partial charge in [0, 0.05) is 22.2 Å². The van der Waals surface area contributed by atoms with Crippen LogP contribution in [0.2, 0.25) is 5.02 Å². The van der Waals surface area contributed by atoms with Crippen LogP contribution in [0.15, 0.2) is 48.7 Å². The van der Waals surface area contributed by atoms with Gasteiger partial charge in [-0.1, -0.05) is 11.6 Å². The topological polar surface area (TPSA) is 48.1 Å². The number of nitrogens with two attached hydrogens (primary N) is 1. The van der Waals surface area contributed by atoms with Gasteiger partial charge in [0.1, 0.15) is 18.2 Å². The molecule has 0 aliphatic rings. The third-order valence-electron chi connectivity index (χ3n) is 3.15. The minimum Gasteiger partial charge on any atom is -0.488 e. The number of ether oxygens (including phenoxy) is 1. The van der Waals surface area contributed by atoms with E-state index in [1.54, 1.807) is 30.5 Å². The van der Waals surface area contributed by atoms with E-state index in [2.05, 4.69) is 4.98 Å². The van der Waals surface area contributed by atoms with Crippen molar-refractivity contribution in [3.8, 4) is 5.75 Å². The molecule has 5 heteroatoms. The molecule has 2 aromatic carbocycles. The second kappa shape index (κ2) is 5.58. The summed E-state index contributed by atoms with van der Waals surface area (Å²) in [5, 5.41) is 1.26. The molecule has 106 valence electrons. The van der Waals surface area contributed by atoms with E-state index in [1.807, 2.05) is 6.07 Å². The van der Waals surface area contributed by atoms with Crippen molar-refractivity contribution in [1.82, 2.24) is 4.98 Å². The lowest BCUT2D eigenvalue weighted by Gasteiger charge is -2.11. The van der Waals surface area contributed by atoms with Crippen LogP contribution in [0.4, 0.5) is 10.1 Å². The number of fused-ring (bicyclic) bond motifs is 1. The summed E-state index contributed by atoms with van der Waals surface area (Å²) in [6.07, 6.45) is 1.67. The van der Waals surface area contributed by atoms with Gasteiger partial charge in [-0.25, -0.2) is 4.39 Å². The Morgan fingerprint density at radius 2 is 2.05 bits per heavy atom. The van der Waals surface area contributed by atoms with Crippen LogP contribution in [0, 0.1) is 5.82 Å². The molecule has 3 aromatic rings. The number of halogens is 2. The average Bonchev–Trinajstić information content (AvgIpc) is 2.50. The number of hydrogen-bond acceptors (Lipinski definition) is 3. The van der Waals surface area contributed by atoms with Gasteiger partial charge < -0.3 is 10.5 Å². The molecule has 1 heterocycles. The highest BCUT2D eigenvalue weighted by Gasteiger charge is 2.08. The fourth-order valence-electron chi connectivity index (χ4n) is 2.10. The van der Waals surface area contributed by atoms with Crippen molar-refractivity contribution in [2.75, 3.05) is 5.73 Å². The number of nitrogens with zero attached hydrogens (tertiary/aromatic N) is 1. The van der Waals surface area contributed by atoms with Gasteiger partial charge in [-0.3, -0.25) is 4.98 Å². The maximum Gasteiger partial charge on any atom is 0.129 e. The van der Waals surface area contributed by atoms with Gasteiger partial charge in [0.25, 0.3) is 0 Å². The van der Waals surface area contributed by atoms with Crippen LogP contribution < -0.4 is 10.5 Å². The molecular formula is C16H12ClFN2O. The first-order chi connectivity index (χ1) is 10.1. The largest absolute Gasteiger partial charge is 0.488 e. The van der Waals surface area contributed by atoms with Gasteiger partial charge in [-0.2, -0.15) is 0 Å². The molecule has 21 heavy (non-hydrogen) atoms. The highest BCUT2D eigenvalue weighted by atomic mass is 35.5. The minimum atomic E-state index is -0.350. The van der Waals surface area contributed by atoms with E-state index in [0.717, 1.165) is 5.39 Å². The van der Waals surface area contributed by atoms with Gasteiger partial charge in [-0.05, 0) is 42.5 Å². The third kappa shape index (κ3) is 2.76. The Bertz CT molecular complexity index is 807. The molecule has 0 saturated carbocycles. The zero-order valence-electron chi connectivity index (χ0n) is 11.0. The van der Waals surface area contributed by atoms with E-state index in [1.165, 1.54) is 12.1 Å². The number of benzene rings is 2. The summed E-state index contributed by atoms with van der Waals surface area (Å²) in [5.41, 5.74) is 7.52. The molecular weight excluding hydrogens is 291 g/mol. The summed E-state index contributed by atoms with van der Waals surface area (Å²) in [7, 11) is 0. The van der Waals surface area contributed by atoms with Gasteiger partial charge >= 0.3 is 0 Å². The standard InChI is InChI=1S/C16H12ClFN2O/c17-11-3-4-13(18)10(8-11)9-21-15-6-5-14(19)16-12(15)2-1-7-20-16/h1-8H,9,19H2. The molecule has 3 nitrogen and oxygen atoms in total. The van der Waals surface area contributed by atoms with Crippen molar-refractivity contribution in [3.63, 3.8) is 0 Å². The predicted molar refractivity (Wildman–Crippen MR) is 81.9 cm³/mol. The summed E-state index contributed by atoms with van der Waals surface area (Å²) in [6, 6.07) is 11.5. The Kier molecular flexibility index (Phi) is 3.62. The van der Waals surface area contributed by atoms with Gasteiger partial charge in [0.15, 0.2) is 0 Å². The van der Waals surface area contributed by atoms with Crippen LogP contribution in [0.1, 0.15) is 5.56 Å². The number of anilines is 1. The van der Waals surface area contributed by atoms with E-state index in [9.17, 15) is 4.39 Å². The molecule has 0 fully saturated rings. The Morgan fingerprint density at radius 1 is 1.19 bits per heavy atom. The smallest absolute Gasteiger partial charge is 0.129 e. The van der Waals surface area contributed by atoms with E-state index >= 15 is 0 Å². The van der Waals surface area contributed by atoms with E-state index in [-0.39, 0.29) is 12.4 Å². The van der Waals surface area contributed by atoms with Crippen LogP contribution in [0.3, 0.4) is 0 Å². The van der Waals surface area contributed by atoms with Crippen LogP contribution in [-0.2, 0) is 6.61 Å². The molecule has 0 aliphatic carbocycles. The maximum absolute atomic E-state index is 13.7. The zero-order valence-corrected chi connectivity index (χ0v) is 11.8. The van der Waals surface area contributed by atoms with Gasteiger partial charge in [-0.15, -0.1) is 0 Å². The second-order valence-corrected chi connectivity index (χ2v) is 5.01. The molecule has 1 aromatic heterocycles. The molecule has 0 amide bonds. The maximum atomic E-state index is 13.7. The molecule has 0 bridgehead atoms. The molecule has 2 N–H and O–H groups in total. The number of rotatable bonds is 3. The van der Waals surface area contributed by atoms with Crippen molar-refractivity contribution in [2.24, 2.45) is 0 Å². The van der Waals surface area contributed by atoms with Crippen molar-refractivity contribution < 1.29 is 9.13 Å². The number of nitrogen functional groups attached to an aromatic ring is 1. The van der Waals surface area contributed by atoms with Gasteiger partial charge in [0.2, 0.25) is 0 Å². The first kappa shape index (κ1) is 13.6. The Labute approximate surface area is 126 Å². The van der Waals surface area contributed by atoms with Crippen LogP contribution >= 0.6 is 11.6 Å². The SMILES string of the molecule is Nc1ccc(OCc2cc(Cl)ccc2F)c2cccnc12. The summed E-state index contributed by atoms with van der Waals surface area (Å²) in [4.78, 5) is 4.23. The molecule has 0 radical (unpaired) electrons. The van der Waals surface area contributed by atoms with Crippen molar-refractivity contribution in [3.05, 3.63) is 65.1 Å². The van der Waals surface area contributed by atoms with Crippen LogP contribution in [-0.4, -0.2) is 4.98 Å². The minimum absolute atomic E-state index is 0.0836. The first-order valence-electron chi connectivity index (χ1n) is 6.35. The Balaban J connectivity index is 1.92. The Hall–Kier alpha value is -2.33. The fourth-order valence-corrected chi connectivity index (χ4v) is 2.30. The highest BCUT2D eigenvalue weighted by molar-refractivity contribution is 6.30. The van der Waals surface area contributed by atoms with Crippen molar-refractivity contribution in [1.29, 1.82) is 0 Å². The Morgan fingerprint density at radius 3 is 2.90 bits per heavy atom. The summed E-state index contributed by atoms with van der Waals surface area (Å²) >= 11 is 5.87. The van der Waals surface area contributed by atoms with Gasteiger partial charge in [0.05, 0.1) is 11.2 Å². The monoisotopic (exact) mass is 302 g/mol. The van der Waals surface area contributed by atoms with Crippen LogP contribution in [0.25, 0.3) is 10.9 Å². The molecule has 0 spiro atoms. The predicted octanol–water partition coefficient (Wildman–Crippen LogP) is 4.19.